The van der Waals surface area contributed by atoms with Gasteiger partial charge in [0.05, 0.1) is 23.8 Å². The van der Waals surface area contributed by atoms with Gasteiger partial charge in [0.25, 0.3) is 5.56 Å². The third-order valence-corrected chi connectivity index (χ3v) is 4.36. The highest BCUT2D eigenvalue weighted by Gasteiger charge is 2.52. The average molecular weight is 327 g/mol. The molecule has 1 aliphatic rings. The van der Waals surface area contributed by atoms with Gasteiger partial charge in [-0.25, -0.2) is 4.98 Å². The van der Waals surface area contributed by atoms with Crippen molar-refractivity contribution in [3.8, 4) is 0 Å². The van der Waals surface area contributed by atoms with E-state index in [1.54, 1.807) is 24.3 Å². The van der Waals surface area contributed by atoms with E-state index < -0.39 is 10.3 Å². The standard InChI is InChI=1S/C14H12Cl2N2O3/c15-14(16)5-9(14)7-21-12(19)6-18-8-17-11-4-2-1-3-10(11)13(18)20/h1-4,8-9H,5-7H2/t9-/m1/s1. The Morgan fingerprint density at radius 1 is 1.43 bits per heavy atom. The molecule has 1 atom stereocenters. The lowest BCUT2D eigenvalue weighted by Gasteiger charge is -2.07. The molecule has 3 rings (SSSR count). The van der Waals surface area contributed by atoms with Gasteiger partial charge in [0.2, 0.25) is 0 Å². The Kier molecular flexibility index (Phi) is 3.63. The van der Waals surface area contributed by atoms with Crippen LogP contribution in [0.5, 0.6) is 0 Å². The van der Waals surface area contributed by atoms with Crippen LogP contribution in [-0.4, -0.2) is 26.5 Å². The maximum Gasteiger partial charge on any atom is 0.326 e. The third kappa shape index (κ3) is 3.04. The van der Waals surface area contributed by atoms with Crippen LogP contribution < -0.4 is 5.56 Å². The maximum absolute atomic E-state index is 12.2. The molecule has 1 heterocycles. The number of esters is 1. The third-order valence-electron chi connectivity index (χ3n) is 3.43. The van der Waals surface area contributed by atoms with Gasteiger partial charge in [-0.15, -0.1) is 23.2 Å². The van der Waals surface area contributed by atoms with Crippen molar-refractivity contribution in [1.29, 1.82) is 0 Å². The van der Waals surface area contributed by atoms with E-state index in [4.69, 9.17) is 27.9 Å². The average Bonchev–Trinajstić information content (AvgIpc) is 3.07. The summed E-state index contributed by atoms with van der Waals surface area (Å²) in [6.07, 6.45) is 1.96. The molecular weight excluding hydrogens is 315 g/mol. The Morgan fingerprint density at radius 2 is 2.14 bits per heavy atom. The first-order valence-electron chi connectivity index (χ1n) is 6.45. The van der Waals surface area contributed by atoms with Crippen LogP contribution in [-0.2, 0) is 16.1 Å². The molecule has 0 saturated heterocycles. The second-order valence-corrected chi connectivity index (χ2v) is 6.58. The number of carbonyl (C=O) groups excluding carboxylic acids is 1. The molecule has 1 aromatic carbocycles. The van der Waals surface area contributed by atoms with Crippen LogP contribution in [0.1, 0.15) is 6.42 Å². The number of hydrogen-bond acceptors (Lipinski definition) is 4. The van der Waals surface area contributed by atoms with E-state index in [1.807, 2.05) is 0 Å². The first-order valence-corrected chi connectivity index (χ1v) is 7.20. The van der Waals surface area contributed by atoms with Gasteiger partial charge in [-0.1, -0.05) is 12.1 Å². The SMILES string of the molecule is O=C(Cn1cnc2ccccc2c1=O)OC[C@H]1CC1(Cl)Cl. The molecule has 0 bridgehead atoms. The van der Waals surface area contributed by atoms with Crippen molar-refractivity contribution in [3.05, 3.63) is 40.9 Å². The molecule has 1 fully saturated rings. The molecule has 5 nitrogen and oxygen atoms in total. The van der Waals surface area contributed by atoms with Crippen LogP contribution in [0.3, 0.4) is 0 Å². The summed E-state index contributed by atoms with van der Waals surface area (Å²) in [4.78, 5) is 28.1. The van der Waals surface area contributed by atoms with Crippen LogP contribution in [0.4, 0.5) is 0 Å². The normalized spacial score (nSPS) is 19.4. The van der Waals surface area contributed by atoms with Gasteiger partial charge in [0.15, 0.2) is 0 Å². The number of halogens is 2. The van der Waals surface area contributed by atoms with E-state index in [2.05, 4.69) is 4.98 Å². The van der Waals surface area contributed by atoms with E-state index >= 15 is 0 Å². The van der Waals surface area contributed by atoms with Gasteiger partial charge in [-0.2, -0.15) is 0 Å². The zero-order valence-electron chi connectivity index (χ0n) is 11.0. The highest BCUT2D eigenvalue weighted by molar-refractivity contribution is 6.50. The Labute approximate surface area is 130 Å². The number of rotatable bonds is 4. The van der Waals surface area contributed by atoms with Gasteiger partial charge in [0.1, 0.15) is 10.9 Å². The molecule has 7 heteroatoms. The summed E-state index contributed by atoms with van der Waals surface area (Å²) in [6, 6.07) is 6.97. The number of benzene rings is 1. The van der Waals surface area contributed by atoms with E-state index in [0.29, 0.717) is 17.3 Å². The molecule has 0 aliphatic heterocycles. The number of para-hydroxylation sites is 1. The second-order valence-electron chi connectivity index (χ2n) is 5.04. The fourth-order valence-corrected chi connectivity index (χ4v) is 2.55. The minimum atomic E-state index is -0.776. The first kappa shape index (κ1) is 14.4. The van der Waals surface area contributed by atoms with Crippen molar-refractivity contribution < 1.29 is 9.53 Å². The lowest BCUT2D eigenvalue weighted by molar-refractivity contribution is -0.144. The fourth-order valence-electron chi connectivity index (χ4n) is 2.05. The van der Waals surface area contributed by atoms with Gasteiger partial charge in [-0.3, -0.25) is 14.2 Å². The van der Waals surface area contributed by atoms with Crippen molar-refractivity contribution in [3.63, 3.8) is 0 Å². The highest BCUT2D eigenvalue weighted by Crippen LogP contribution is 2.53. The molecule has 1 saturated carbocycles. The highest BCUT2D eigenvalue weighted by atomic mass is 35.5. The van der Waals surface area contributed by atoms with Crippen molar-refractivity contribution in [2.75, 3.05) is 6.61 Å². The van der Waals surface area contributed by atoms with Crippen LogP contribution in [0.2, 0.25) is 0 Å². The molecule has 0 unspecified atom stereocenters. The number of carbonyl (C=O) groups is 1. The number of aromatic nitrogens is 2. The number of ether oxygens (including phenoxy) is 1. The van der Waals surface area contributed by atoms with Crippen molar-refractivity contribution in [2.45, 2.75) is 17.3 Å². The van der Waals surface area contributed by atoms with E-state index in [1.165, 1.54) is 10.9 Å². The lowest BCUT2D eigenvalue weighted by atomic mass is 10.2. The lowest BCUT2D eigenvalue weighted by Crippen LogP contribution is -2.26. The van der Waals surface area contributed by atoms with E-state index in [-0.39, 0.29) is 24.6 Å². The largest absolute Gasteiger partial charge is 0.464 e. The summed E-state index contributed by atoms with van der Waals surface area (Å²) in [5.41, 5.74) is 0.326. The maximum atomic E-state index is 12.2. The van der Waals surface area contributed by atoms with Gasteiger partial charge in [-0.05, 0) is 18.6 Å². The van der Waals surface area contributed by atoms with E-state index in [0.717, 1.165) is 0 Å². The fraction of sp³-hybridized carbons (Fsp3) is 0.357. The smallest absolute Gasteiger partial charge is 0.326 e. The Hall–Kier alpha value is -1.59. The first-order chi connectivity index (χ1) is 9.97. The minimum Gasteiger partial charge on any atom is -0.464 e. The Bertz CT molecular complexity index is 757. The zero-order valence-corrected chi connectivity index (χ0v) is 12.5. The number of nitrogens with zero attached hydrogens (tertiary/aromatic N) is 2. The molecule has 1 aromatic heterocycles. The topological polar surface area (TPSA) is 61.2 Å². The van der Waals surface area contributed by atoms with Crippen LogP contribution >= 0.6 is 23.2 Å². The van der Waals surface area contributed by atoms with Crippen LogP contribution in [0.15, 0.2) is 35.4 Å². The molecule has 1 aliphatic carbocycles. The van der Waals surface area contributed by atoms with Crippen molar-refractivity contribution in [1.82, 2.24) is 9.55 Å². The number of hydrogen-bond donors (Lipinski definition) is 0. The van der Waals surface area contributed by atoms with Crippen LogP contribution in [0, 0.1) is 5.92 Å². The summed E-state index contributed by atoms with van der Waals surface area (Å²) >= 11 is 11.7. The molecule has 0 radical (unpaired) electrons. The molecule has 110 valence electrons. The molecule has 0 spiro atoms. The van der Waals surface area contributed by atoms with Gasteiger partial charge < -0.3 is 4.74 Å². The molecule has 0 N–H and O–H groups in total. The molecule has 0 amide bonds. The van der Waals surface area contributed by atoms with Crippen molar-refractivity contribution >= 4 is 40.1 Å². The monoisotopic (exact) mass is 326 g/mol. The molecular formula is C14H12Cl2N2O3. The number of fused-ring (bicyclic) bond motifs is 1. The Balaban J connectivity index is 1.69. The quantitative estimate of drug-likeness (QED) is 0.638. The minimum absolute atomic E-state index is 0.0313. The number of alkyl halides is 2. The summed E-state index contributed by atoms with van der Waals surface area (Å²) in [5.74, 6) is -0.540. The van der Waals surface area contributed by atoms with Gasteiger partial charge in [0, 0.05) is 5.92 Å². The zero-order chi connectivity index (χ0) is 15.0. The second kappa shape index (κ2) is 5.31. The summed E-state index contributed by atoms with van der Waals surface area (Å²) < 4.78 is 5.53. The molecule has 2 aromatic rings. The Morgan fingerprint density at radius 3 is 2.86 bits per heavy atom. The van der Waals surface area contributed by atoms with Crippen LogP contribution in [0.25, 0.3) is 10.9 Å². The predicted octanol–water partition coefficient (Wildman–Crippen LogP) is 2.13. The van der Waals surface area contributed by atoms with Gasteiger partial charge >= 0.3 is 5.97 Å². The predicted molar refractivity (Wildman–Crippen MR) is 79.5 cm³/mol. The van der Waals surface area contributed by atoms with Crippen molar-refractivity contribution in [2.24, 2.45) is 5.92 Å². The summed E-state index contributed by atoms with van der Waals surface area (Å²) in [6.45, 7) is -0.0114. The summed E-state index contributed by atoms with van der Waals surface area (Å²) in [5, 5.41) is 0.468. The summed E-state index contributed by atoms with van der Waals surface area (Å²) in [7, 11) is 0. The molecule has 21 heavy (non-hydrogen) atoms. The van der Waals surface area contributed by atoms with E-state index in [9.17, 15) is 9.59 Å².